The molecule has 1 N–H and O–H groups in total. The third-order valence-corrected chi connectivity index (χ3v) is 5.03. The molecular weight excluding hydrogens is 356 g/mol. The molecule has 1 amide bonds. The molecule has 3 aromatic rings. The Kier molecular flexibility index (Phi) is 5.82. The van der Waals surface area contributed by atoms with E-state index in [9.17, 15) is 4.79 Å². The number of rotatable bonds is 8. The van der Waals surface area contributed by atoms with Gasteiger partial charge < -0.3 is 14.3 Å². The van der Waals surface area contributed by atoms with E-state index >= 15 is 0 Å². The van der Waals surface area contributed by atoms with Crippen molar-refractivity contribution in [3.63, 3.8) is 0 Å². The Morgan fingerprint density at radius 3 is 2.71 bits per heavy atom. The first-order chi connectivity index (χ1) is 13.8. The smallest absolute Gasteiger partial charge is 0.238 e. The molecule has 1 aliphatic rings. The average molecular weight is 380 g/mol. The van der Waals surface area contributed by atoms with Gasteiger partial charge in [-0.05, 0) is 43.6 Å². The number of nitrogens with zero attached hydrogens (tertiary/aromatic N) is 3. The molecule has 0 aliphatic carbocycles. The molecule has 1 fully saturated rings. The summed E-state index contributed by atoms with van der Waals surface area (Å²) in [5, 5.41) is 6.96. The van der Waals surface area contributed by atoms with E-state index in [0.29, 0.717) is 36.9 Å². The number of hydrogen-bond donors (Lipinski definition) is 1. The van der Waals surface area contributed by atoms with Crippen LogP contribution in [0.15, 0.2) is 57.7 Å². The molecule has 1 atom stereocenters. The van der Waals surface area contributed by atoms with Crippen LogP contribution in [0.25, 0.3) is 11.6 Å². The Morgan fingerprint density at radius 2 is 1.96 bits per heavy atom. The number of benzene rings is 1. The minimum absolute atomic E-state index is 0.0159. The average Bonchev–Trinajstić information content (AvgIpc) is 3.49. The first kappa shape index (κ1) is 18.4. The van der Waals surface area contributed by atoms with Gasteiger partial charge in [0.05, 0.1) is 12.3 Å². The number of amides is 1. The fraction of sp³-hybridized carbons (Fsp3) is 0.381. The second-order valence-corrected chi connectivity index (χ2v) is 6.96. The van der Waals surface area contributed by atoms with E-state index in [4.69, 9.17) is 8.94 Å². The van der Waals surface area contributed by atoms with Gasteiger partial charge in [-0.25, -0.2) is 0 Å². The van der Waals surface area contributed by atoms with Gasteiger partial charge in [0, 0.05) is 19.4 Å². The maximum absolute atomic E-state index is 12.4. The molecule has 1 aromatic carbocycles. The molecule has 1 aliphatic heterocycles. The minimum atomic E-state index is -0.0159. The van der Waals surface area contributed by atoms with Crippen molar-refractivity contribution in [3.8, 4) is 11.6 Å². The largest absolute Gasteiger partial charge is 0.461 e. The predicted octanol–water partition coefficient (Wildman–Crippen LogP) is 3.22. The van der Waals surface area contributed by atoms with Crippen molar-refractivity contribution in [2.24, 2.45) is 0 Å². The van der Waals surface area contributed by atoms with Gasteiger partial charge in [-0.1, -0.05) is 35.5 Å². The topological polar surface area (TPSA) is 84.4 Å². The molecule has 2 aromatic heterocycles. The van der Waals surface area contributed by atoms with Gasteiger partial charge in [-0.3, -0.25) is 9.69 Å². The van der Waals surface area contributed by atoms with Crippen molar-refractivity contribution in [2.45, 2.75) is 31.7 Å². The summed E-state index contributed by atoms with van der Waals surface area (Å²) in [4.78, 5) is 19.1. The van der Waals surface area contributed by atoms with Gasteiger partial charge >= 0.3 is 0 Å². The van der Waals surface area contributed by atoms with Crippen LogP contribution in [0.1, 0.15) is 36.8 Å². The Balaban J connectivity index is 1.30. The van der Waals surface area contributed by atoms with Crippen LogP contribution in [-0.4, -0.2) is 40.6 Å². The van der Waals surface area contributed by atoms with Crippen LogP contribution in [0.4, 0.5) is 0 Å². The first-order valence-corrected chi connectivity index (χ1v) is 9.72. The lowest BCUT2D eigenvalue weighted by molar-refractivity contribution is -0.121. The van der Waals surface area contributed by atoms with Crippen molar-refractivity contribution in [1.29, 1.82) is 0 Å². The van der Waals surface area contributed by atoms with Crippen LogP contribution in [0.3, 0.4) is 0 Å². The highest BCUT2D eigenvalue weighted by molar-refractivity contribution is 5.76. The SMILES string of the molecule is O=C(CCc1nc(-c2ccco2)no1)NCC(c1ccccc1)N1CCCC1. The number of furan rings is 1. The van der Waals surface area contributed by atoms with Crippen LogP contribution in [-0.2, 0) is 11.2 Å². The molecule has 4 rings (SSSR count). The molecule has 1 unspecified atom stereocenters. The minimum Gasteiger partial charge on any atom is -0.461 e. The van der Waals surface area contributed by atoms with Crippen molar-refractivity contribution in [1.82, 2.24) is 20.4 Å². The predicted molar refractivity (Wildman–Crippen MR) is 103 cm³/mol. The van der Waals surface area contributed by atoms with Crippen LogP contribution in [0, 0.1) is 0 Å². The van der Waals surface area contributed by atoms with Crippen LogP contribution >= 0.6 is 0 Å². The Bertz CT molecular complexity index is 870. The molecule has 7 heteroatoms. The van der Waals surface area contributed by atoms with Crippen LogP contribution < -0.4 is 5.32 Å². The summed E-state index contributed by atoms with van der Waals surface area (Å²) in [5.41, 5.74) is 1.24. The van der Waals surface area contributed by atoms with E-state index < -0.39 is 0 Å². The number of aromatic nitrogens is 2. The molecule has 0 bridgehead atoms. The maximum Gasteiger partial charge on any atom is 0.238 e. The maximum atomic E-state index is 12.4. The molecular formula is C21H24N4O3. The van der Waals surface area contributed by atoms with Crippen molar-refractivity contribution < 1.29 is 13.7 Å². The number of aryl methyl sites for hydroxylation is 1. The van der Waals surface area contributed by atoms with Gasteiger partial charge in [0.15, 0.2) is 5.76 Å². The number of hydrogen-bond acceptors (Lipinski definition) is 6. The third kappa shape index (κ3) is 4.48. The molecule has 0 saturated carbocycles. The van der Waals surface area contributed by atoms with Crippen LogP contribution in [0.2, 0.25) is 0 Å². The van der Waals surface area contributed by atoms with Crippen molar-refractivity contribution >= 4 is 5.91 Å². The van der Waals surface area contributed by atoms with Gasteiger partial charge in [0.25, 0.3) is 0 Å². The molecule has 146 valence electrons. The lowest BCUT2D eigenvalue weighted by Crippen LogP contribution is -2.36. The zero-order chi connectivity index (χ0) is 19.2. The second kappa shape index (κ2) is 8.84. The molecule has 3 heterocycles. The summed E-state index contributed by atoms with van der Waals surface area (Å²) in [6.07, 6.45) is 4.70. The number of nitrogens with one attached hydrogen (secondary N) is 1. The quantitative estimate of drug-likeness (QED) is 0.646. The Morgan fingerprint density at radius 1 is 1.14 bits per heavy atom. The third-order valence-electron chi connectivity index (χ3n) is 5.03. The molecule has 28 heavy (non-hydrogen) atoms. The normalized spacial score (nSPS) is 15.6. The standard InChI is InChI=1S/C21H24N4O3/c26-19(10-11-20-23-21(24-28-20)18-9-6-14-27-18)22-15-17(25-12-4-5-13-25)16-7-2-1-3-8-16/h1-3,6-9,14,17H,4-5,10-13,15H2,(H,22,26). The van der Waals surface area contributed by atoms with E-state index in [1.807, 2.05) is 18.2 Å². The van der Waals surface area contributed by atoms with Gasteiger partial charge in [-0.2, -0.15) is 4.98 Å². The zero-order valence-corrected chi connectivity index (χ0v) is 15.7. The van der Waals surface area contributed by atoms with E-state index in [1.54, 1.807) is 18.4 Å². The first-order valence-electron chi connectivity index (χ1n) is 9.72. The lowest BCUT2D eigenvalue weighted by Gasteiger charge is -2.28. The number of likely N-dealkylation sites (tertiary alicyclic amines) is 1. The van der Waals surface area contributed by atoms with E-state index in [-0.39, 0.29) is 11.9 Å². The lowest BCUT2D eigenvalue weighted by atomic mass is 10.1. The highest BCUT2D eigenvalue weighted by Gasteiger charge is 2.23. The van der Waals surface area contributed by atoms with Crippen LogP contribution in [0.5, 0.6) is 0 Å². The molecule has 1 saturated heterocycles. The van der Waals surface area contributed by atoms with Gasteiger partial charge in [0.2, 0.25) is 17.6 Å². The second-order valence-electron chi connectivity index (χ2n) is 6.96. The highest BCUT2D eigenvalue weighted by atomic mass is 16.5. The van der Waals surface area contributed by atoms with Gasteiger partial charge in [0.1, 0.15) is 0 Å². The van der Waals surface area contributed by atoms with E-state index in [2.05, 4.69) is 32.5 Å². The van der Waals surface area contributed by atoms with Crippen molar-refractivity contribution in [3.05, 3.63) is 60.2 Å². The summed E-state index contributed by atoms with van der Waals surface area (Å²) >= 11 is 0. The summed E-state index contributed by atoms with van der Waals surface area (Å²) in [5.74, 6) is 1.37. The monoisotopic (exact) mass is 380 g/mol. The Labute approximate surface area is 163 Å². The summed E-state index contributed by atoms with van der Waals surface area (Å²) in [6.45, 7) is 2.75. The summed E-state index contributed by atoms with van der Waals surface area (Å²) in [7, 11) is 0. The number of carbonyl (C=O) groups is 1. The Hall–Kier alpha value is -2.93. The fourth-order valence-corrected chi connectivity index (χ4v) is 3.57. The molecule has 7 nitrogen and oxygen atoms in total. The molecule has 0 spiro atoms. The number of carbonyl (C=O) groups excluding carboxylic acids is 1. The van der Waals surface area contributed by atoms with E-state index in [0.717, 1.165) is 13.1 Å². The summed E-state index contributed by atoms with van der Waals surface area (Å²) < 4.78 is 10.5. The van der Waals surface area contributed by atoms with Crippen molar-refractivity contribution in [2.75, 3.05) is 19.6 Å². The van der Waals surface area contributed by atoms with E-state index in [1.165, 1.54) is 18.4 Å². The highest BCUT2D eigenvalue weighted by Crippen LogP contribution is 2.24. The zero-order valence-electron chi connectivity index (χ0n) is 15.7. The fourth-order valence-electron chi connectivity index (χ4n) is 3.57. The molecule has 0 radical (unpaired) electrons. The van der Waals surface area contributed by atoms with Gasteiger partial charge in [-0.15, -0.1) is 0 Å². The summed E-state index contributed by atoms with van der Waals surface area (Å²) in [6, 6.07) is 14.1.